The molecule has 0 radical (unpaired) electrons. The molecule has 0 atom stereocenters. The van der Waals surface area contributed by atoms with Crippen molar-refractivity contribution in [2.75, 3.05) is 32.6 Å². The molecule has 6 rings (SSSR count). The number of rotatable bonds is 7. The second-order valence-electron chi connectivity index (χ2n) is 10.2. The number of aromatic nitrogens is 3. The van der Waals surface area contributed by atoms with Crippen LogP contribution in [0.3, 0.4) is 0 Å². The molecule has 0 bridgehead atoms. The van der Waals surface area contributed by atoms with Crippen molar-refractivity contribution in [3.8, 4) is 16.9 Å². The first-order valence-corrected chi connectivity index (χ1v) is 13.0. The Labute approximate surface area is 233 Å². The van der Waals surface area contributed by atoms with Gasteiger partial charge in [-0.05, 0) is 50.0 Å². The van der Waals surface area contributed by atoms with E-state index in [1.54, 1.807) is 37.2 Å². The smallest absolute Gasteiger partial charge is 0.353 e. The van der Waals surface area contributed by atoms with Gasteiger partial charge in [-0.15, -0.1) is 0 Å². The van der Waals surface area contributed by atoms with E-state index < -0.39 is 17.3 Å². The normalized spacial score (nSPS) is 12.6. The topological polar surface area (TPSA) is 130 Å². The Balaban J connectivity index is 1.62. The van der Waals surface area contributed by atoms with Gasteiger partial charge in [0, 0.05) is 35.7 Å². The van der Waals surface area contributed by atoms with Gasteiger partial charge >= 0.3 is 5.97 Å². The number of carbonyl (C=O) groups excluding carboxylic acids is 1. The molecule has 0 saturated heterocycles. The number of halogens is 1. The van der Waals surface area contributed by atoms with Crippen LogP contribution in [-0.2, 0) is 17.8 Å². The first-order valence-electron chi connectivity index (χ1n) is 13.0. The second kappa shape index (κ2) is 10.2. The maximum Gasteiger partial charge on any atom is 0.353 e. The largest absolute Gasteiger partial charge is 0.492 e. The predicted molar refractivity (Wildman–Crippen MR) is 152 cm³/mol. The van der Waals surface area contributed by atoms with Gasteiger partial charge in [-0.1, -0.05) is 18.2 Å². The molecular formula is C30H26FN5O5. The quantitative estimate of drug-likeness (QED) is 0.278. The molecule has 10 nitrogen and oxygen atoms in total. The average molecular weight is 556 g/mol. The molecule has 1 aliphatic rings. The fraction of sp³-hybridized carbons (Fsp3) is 0.200. The molecule has 5 aromatic rings. The summed E-state index contributed by atoms with van der Waals surface area (Å²) in [5.41, 5.74) is 1.49. The van der Waals surface area contributed by atoms with Gasteiger partial charge < -0.3 is 29.6 Å². The van der Waals surface area contributed by atoms with Crippen molar-refractivity contribution in [2.24, 2.45) is 0 Å². The molecular weight excluding hydrogens is 529 g/mol. The molecule has 0 unspecified atom stereocenters. The maximum absolute atomic E-state index is 15.4. The van der Waals surface area contributed by atoms with Crippen LogP contribution < -0.4 is 15.6 Å². The zero-order valence-electron chi connectivity index (χ0n) is 22.3. The number of carboxylic acid groups (broad SMARTS) is 1. The Morgan fingerprint density at radius 2 is 2.00 bits per heavy atom. The third-order valence-electron chi connectivity index (χ3n) is 7.10. The number of nitrogens with zero attached hydrogens (tertiary/aromatic N) is 3. The number of carboxylic acids is 1. The molecule has 208 valence electrons. The fourth-order valence-corrected chi connectivity index (χ4v) is 5.48. The molecule has 3 N–H and O–H groups in total. The van der Waals surface area contributed by atoms with Crippen LogP contribution in [0.2, 0.25) is 0 Å². The number of ether oxygens (including phenoxy) is 1. The number of para-hydroxylation sites is 1. The lowest BCUT2D eigenvalue weighted by Gasteiger charge is -2.15. The lowest BCUT2D eigenvalue weighted by Crippen LogP contribution is -2.27. The molecule has 0 spiro atoms. The van der Waals surface area contributed by atoms with Gasteiger partial charge in [0.15, 0.2) is 0 Å². The Kier molecular flexibility index (Phi) is 6.50. The van der Waals surface area contributed by atoms with Gasteiger partial charge in [0.25, 0.3) is 5.56 Å². The lowest BCUT2D eigenvalue weighted by molar-refractivity contribution is -0.116. The van der Waals surface area contributed by atoms with Gasteiger partial charge in [-0.25, -0.2) is 14.2 Å². The molecule has 2 aromatic carbocycles. The van der Waals surface area contributed by atoms with E-state index in [1.165, 1.54) is 22.9 Å². The van der Waals surface area contributed by atoms with Crippen LogP contribution in [0.25, 0.3) is 32.9 Å². The minimum atomic E-state index is -1.29. The standard InChI is InChI=1S/C30H26FN5O5/c1-35(2)15-24(37)34-23-12-16(17-6-3-4-8-21(17)33-23)14-36-22-13-20(31)18-9-11-41-28(18)26(22)25(27(36)30(39)40)19-7-5-10-32-29(19)38/h3-8,10,12-13H,9,11,14-15H2,1-2H3,(H,32,38)(H,39,40)(H,33,34,37). The van der Waals surface area contributed by atoms with E-state index in [-0.39, 0.29) is 53.7 Å². The van der Waals surface area contributed by atoms with Gasteiger partial charge in [0.2, 0.25) is 5.91 Å². The number of anilines is 1. The maximum atomic E-state index is 15.4. The number of amides is 1. The molecule has 0 fully saturated rings. The van der Waals surface area contributed by atoms with E-state index in [9.17, 15) is 19.5 Å². The second-order valence-corrected chi connectivity index (χ2v) is 10.2. The third kappa shape index (κ3) is 4.59. The summed E-state index contributed by atoms with van der Waals surface area (Å²) in [6.07, 6.45) is 1.79. The molecule has 41 heavy (non-hydrogen) atoms. The number of aromatic carboxylic acids is 1. The Bertz CT molecular complexity index is 1930. The highest BCUT2D eigenvalue weighted by atomic mass is 19.1. The third-order valence-corrected chi connectivity index (χ3v) is 7.10. The fourth-order valence-electron chi connectivity index (χ4n) is 5.48. The molecule has 4 heterocycles. The summed E-state index contributed by atoms with van der Waals surface area (Å²) in [5.74, 6) is -1.51. The van der Waals surface area contributed by atoms with E-state index in [4.69, 9.17) is 4.74 Å². The van der Waals surface area contributed by atoms with Crippen molar-refractivity contribution >= 4 is 39.5 Å². The van der Waals surface area contributed by atoms with Crippen LogP contribution in [0, 0.1) is 5.82 Å². The van der Waals surface area contributed by atoms with Crippen LogP contribution in [-0.4, -0.2) is 63.7 Å². The van der Waals surface area contributed by atoms with Crippen molar-refractivity contribution in [3.05, 3.63) is 87.7 Å². The zero-order chi connectivity index (χ0) is 28.8. The van der Waals surface area contributed by atoms with Gasteiger partial charge in [0.1, 0.15) is 23.1 Å². The summed E-state index contributed by atoms with van der Waals surface area (Å²) in [6.45, 7) is 0.379. The molecule has 3 aromatic heterocycles. The average Bonchev–Trinajstić information content (AvgIpc) is 3.52. The number of likely N-dealkylation sites (N-methyl/N-ethyl adjacent to an activating group) is 1. The number of H-pyrrole nitrogens is 1. The number of benzene rings is 2. The number of carbonyl (C=O) groups is 2. The minimum Gasteiger partial charge on any atom is -0.492 e. The number of aromatic amines is 1. The van der Waals surface area contributed by atoms with Crippen molar-refractivity contribution in [3.63, 3.8) is 0 Å². The van der Waals surface area contributed by atoms with E-state index >= 15 is 4.39 Å². The van der Waals surface area contributed by atoms with E-state index in [2.05, 4.69) is 15.3 Å². The summed E-state index contributed by atoms with van der Waals surface area (Å²) in [5, 5.41) is 14.4. The summed E-state index contributed by atoms with van der Waals surface area (Å²) >= 11 is 0. The first-order chi connectivity index (χ1) is 19.7. The zero-order valence-corrected chi connectivity index (χ0v) is 22.3. The Morgan fingerprint density at radius 1 is 1.20 bits per heavy atom. The minimum absolute atomic E-state index is 0.0132. The highest BCUT2D eigenvalue weighted by molar-refractivity contribution is 6.11. The summed E-state index contributed by atoms with van der Waals surface area (Å²) in [4.78, 5) is 47.3. The van der Waals surface area contributed by atoms with E-state index in [0.29, 0.717) is 34.3 Å². The van der Waals surface area contributed by atoms with Crippen LogP contribution in [0.15, 0.2) is 59.5 Å². The summed E-state index contributed by atoms with van der Waals surface area (Å²) < 4.78 is 22.7. The lowest BCUT2D eigenvalue weighted by atomic mass is 10.00. The van der Waals surface area contributed by atoms with Crippen molar-refractivity contribution in [2.45, 2.75) is 13.0 Å². The van der Waals surface area contributed by atoms with E-state index in [1.807, 2.05) is 18.2 Å². The van der Waals surface area contributed by atoms with Crippen LogP contribution in [0.1, 0.15) is 21.6 Å². The number of hydrogen-bond donors (Lipinski definition) is 3. The van der Waals surface area contributed by atoms with Crippen LogP contribution in [0.5, 0.6) is 5.75 Å². The Morgan fingerprint density at radius 3 is 2.76 bits per heavy atom. The number of hydrogen-bond acceptors (Lipinski definition) is 6. The van der Waals surface area contributed by atoms with Crippen LogP contribution >= 0.6 is 0 Å². The van der Waals surface area contributed by atoms with Gasteiger partial charge in [-0.2, -0.15) is 0 Å². The highest BCUT2D eigenvalue weighted by Gasteiger charge is 2.32. The van der Waals surface area contributed by atoms with Gasteiger partial charge in [0.05, 0.1) is 35.1 Å². The number of fused-ring (bicyclic) bond motifs is 4. The highest BCUT2D eigenvalue weighted by Crippen LogP contribution is 2.44. The number of nitrogens with one attached hydrogen (secondary N) is 2. The van der Waals surface area contributed by atoms with Crippen molar-refractivity contribution in [1.82, 2.24) is 19.4 Å². The molecule has 11 heteroatoms. The molecule has 1 amide bonds. The van der Waals surface area contributed by atoms with Crippen molar-refractivity contribution in [1.29, 1.82) is 0 Å². The molecule has 0 saturated carbocycles. The SMILES string of the molecule is CN(C)CC(=O)Nc1cc(Cn2c(C(=O)O)c(-c3ccc[nH]c3=O)c3c4c(c(F)cc32)CCO4)c2ccccc2n1. The number of pyridine rings is 2. The molecule has 0 aliphatic carbocycles. The van der Waals surface area contributed by atoms with Crippen molar-refractivity contribution < 1.29 is 23.8 Å². The summed E-state index contributed by atoms with van der Waals surface area (Å²) in [6, 6.07) is 13.4. The predicted octanol–water partition coefficient (Wildman–Crippen LogP) is 3.87. The van der Waals surface area contributed by atoms with E-state index in [0.717, 1.165) is 5.39 Å². The summed E-state index contributed by atoms with van der Waals surface area (Å²) in [7, 11) is 3.55. The Hall–Kier alpha value is -5.03. The monoisotopic (exact) mass is 555 g/mol. The van der Waals surface area contributed by atoms with Gasteiger partial charge in [-0.3, -0.25) is 9.59 Å². The molecule has 1 aliphatic heterocycles. The first kappa shape index (κ1) is 26.2. The van der Waals surface area contributed by atoms with Crippen LogP contribution in [0.4, 0.5) is 10.2 Å².